The van der Waals surface area contributed by atoms with E-state index in [0.29, 0.717) is 54.7 Å². The number of piperazine rings is 1. The minimum absolute atomic E-state index is 0.0717. The van der Waals surface area contributed by atoms with Crippen molar-refractivity contribution in [1.82, 2.24) is 4.90 Å². The summed E-state index contributed by atoms with van der Waals surface area (Å²) in [4.78, 5) is 42.2. The molecule has 9 nitrogen and oxygen atoms in total. The molecule has 0 radical (unpaired) electrons. The van der Waals surface area contributed by atoms with Crippen molar-refractivity contribution in [1.29, 1.82) is 0 Å². The Kier molecular flexibility index (Phi) is 7.21. The van der Waals surface area contributed by atoms with E-state index in [1.54, 1.807) is 30.3 Å². The van der Waals surface area contributed by atoms with Gasteiger partial charge in [-0.2, -0.15) is 0 Å². The van der Waals surface area contributed by atoms with Crippen LogP contribution >= 0.6 is 11.6 Å². The van der Waals surface area contributed by atoms with Crippen LogP contribution in [0.15, 0.2) is 36.4 Å². The van der Waals surface area contributed by atoms with Crippen molar-refractivity contribution < 1.29 is 14.5 Å². The Balaban J connectivity index is 1.55. The zero-order valence-corrected chi connectivity index (χ0v) is 19.9. The second kappa shape index (κ2) is 10.3. The topological polar surface area (TPSA) is 99.0 Å². The third-order valence-electron chi connectivity index (χ3n) is 6.37. The first-order valence-corrected chi connectivity index (χ1v) is 11.9. The average Bonchev–Trinajstić information content (AvgIpc) is 3.38. The molecule has 0 unspecified atom stereocenters. The SMILES string of the molecule is CCC(=O)N1CCN(c2c(Cl)cccc2NC(=O)c2ccc(N3CCCC3)c([N+](=O)[O-])c2)CC1. The number of anilines is 3. The van der Waals surface area contributed by atoms with Crippen LogP contribution in [0.3, 0.4) is 0 Å². The van der Waals surface area contributed by atoms with Crippen LogP contribution in [0.5, 0.6) is 0 Å². The Hall–Kier alpha value is -3.33. The molecule has 2 aromatic rings. The molecule has 0 aliphatic carbocycles. The molecule has 0 saturated carbocycles. The van der Waals surface area contributed by atoms with E-state index < -0.39 is 10.8 Å². The first kappa shape index (κ1) is 23.8. The number of nitrogens with one attached hydrogen (secondary N) is 1. The van der Waals surface area contributed by atoms with E-state index in [0.717, 1.165) is 25.9 Å². The van der Waals surface area contributed by atoms with Gasteiger partial charge in [0, 0.05) is 57.3 Å². The van der Waals surface area contributed by atoms with E-state index in [9.17, 15) is 19.7 Å². The van der Waals surface area contributed by atoms with Crippen LogP contribution in [-0.4, -0.2) is 60.9 Å². The number of hydrogen-bond acceptors (Lipinski definition) is 6. The van der Waals surface area contributed by atoms with Crippen LogP contribution in [0.1, 0.15) is 36.5 Å². The molecule has 0 atom stereocenters. The van der Waals surface area contributed by atoms with Gasteiger partial charge in [-0.3, -0.25) is 19.7 Å². The molecule has 0 bridgehead atoms. The maximum atomic E-state index is 13.1. The third kappa shape index (κ3) is 4.94. The Morgan fingerprint density at radius 3 is 2.38 bits per heavy atom. The highest BCUT2D eigenvalue weighted by Gasteiger charge is 2.26. The summed E-state index contributed by atoms with van der Waals surface area (Å²) >= 11 is 6.51. The molecule has 2 saturated heterocycles. The monoisotopic (exact) mass is 485 g/mol. The van der Waals surface area contributed by atoms with E-state index in [4.69, 9.17) is 11.6 Å². The van der Waals surface area contributed by atoms with Gasteiger partial charge in [0.1, 0.15) is 5.69 Å². The first-order chi connectivity index (χ1) is 16.4. The second-order valence-electron chi connectivity index (χ2n) is 8.47. The van der Waals surface area contributed by atoms with Crippen molar-refractivity contribution in [2.45, 2.75) is 26.2 Å². The summed E-state index contributed by atoms with van der Waals surface area (Å²) in [6, 6.07) is 9.87. The number of halogens is 1. The Bertz CT molecular complexity index is 1090. The van der Waals surface area contributed by atoms with Crippen LogP contribution in [0.2, 0.25) is 5.02 Å². The van der Waals surface area contributed by atoms with Crippen molar-refractivity contribution in [3.05, 3.63) is 57.1 Å². The molecule has 2 fully saturated rings. The van der Waals surface area contributed by atoms with Gasteiger partial charge >= 0.3 is 0 Å². The van der Waals surface area contributed by atoms with Gasteiger partial charge in [-0.15, -0.1) is 0 Å². The molecule has 2 amide bonds. The molecule has 0 spiro atoms. The van der Waals surface area contributed by atoms with Gasteiger partial charge < -0.3 is 20.0 Å². The largest absolute Gasteiger partial charge is 0.366 e. The highest BCUT2D eigenvalue weighted by Crippen LogP contribution is 2.36. The van der Waals surface area contributed by atoms with Crippen LogP contribution in [-0.2, 0) is 4.79 Å². The number of benzene rings is 2. The minimum atomic E-state index is -0.445. The smallest absolute Gasteiger partial charge is 0.293 e. The summed E-state index contributed by atoms with van der Waals surface area (Å²) < 4.78 is 0. The summed E-state index contributed by atoms with van der Waals surface area (Å²) in [5, 5.41) is 15.1. The quantitative estimate of drug-likeness (QED) is 0.487. The number of nitrogens with zero attached hydrogens (tertiary/aromatic N) is 4. The predicted octanol–water partition coefficient (Wildman–Crippen LogP) is 4.16. The van der Waals surface area contributed by atoms with E-state index in [2.05, 4.69) is 10.2 Å². The molecule has 4 rings (SSSR count). The molecule has 2 aliphatic rings. The Morgan fingerprint density at radius 2 is 1.74 bits per heavy atom. The van der Waals surface area contributed by atoms with Crippen LogP contribution in [0.4, 0.5) is 22.7 Å². The number of carbonyl (C=O) groups is 2. The van der Waals surface area contributed by atoms with Crippen LogP contribution in [0.25, 0.3) is 0 Å². The summed E-state index contributed by atoms with van der Waals surface area (Å²) in [6.07, 6.45) is 2.46. The third-order valence-corrected chi connectivity index (χ3v) is 6.67. The van der Waals surface area contributed by atoms with Crippen molar-refractivity contribution in [2.24, 2.45) is 0 Å². The van der Waals surface area contributed by atoms with Crippen molar-refractivity contribution in [3.8, 4) is 0 Å². The number of nitro benzene ring substituents is 1. The van der Waals surface area contributed by atoms with Gasteiger partial charge in [0.2, 0.25) is 5.91 Å². The summed E-state index contributed by atoms with van der Waals surface area (Å²) in [5.74, 6) is -0.328. The summed E-state index contributed by atoms with van der Waals surface area (Å²) in [5.41, 5.74) is 1.89. The molecular weight excluding hydrogens is 458 g/mol. The summed E-state index contributed by atoms with van der Waals surface area (Å²) in [7, 11) is 0. The molecule has 34 heavy (non-hydrogen) atoms. The van der Waals surface area contributed by atoms with Crippen molar-refractivity contribution >= 4 is 46.2 Å². The zero-order valence-electron chi connectivity index (χ0n) is 19.1. The number of para-hydroxylation sites is 1. The predicted molar refractivity (Wildman–Crippen MR) is 133 cm³/mol. The fourth-order valence-electron chi connectivity index (χ4n) is 4.57. The summed E-state index contributed by atoms with van der Waals surface area (Å²) in [6.45, 7) is 5.73. The second-order valence-corrected chi connectivity index (χ2v) is 8.87. The minimum Gasteiger partial charge on any atom is -0.366 e. The number of hydrogen-bond donors (Lipinski definition) is 1. The molecule has 10 heteroatoms. The van der Waals surface area contributed by atoms with E-state index in [1.807, 2.05) is 16.7 Å². The van der Waals surface area contributed by atoms with E-state index >= 15 is 0 Å². The van der Waals surface area contributed by atoms with E-state index in [1.165, 1.54) is 6.07 Å². The lowest BCUT2D eigenvalue weighted by atomic mass is 10.1. The molecular formula is C24H28ClN5O4. The lowest BCUT2D eigenvalue weighted by molar-refractivity contribution is -0.384. The van der Waals surface area contributed by atoms with Crippen molar-refractivity contribution in [2.75, 3.05) is 54.4 Å². The van der Waals surface area contributed by atoms with Gasteiger partial charge in [-0.05, 0) is 37.1 Å². The Labute approximate surface area is 203 Å². The fraction of sp³-hybridized carbons (Fsp3) is 0.417. The Morgan fingerprint density at radius 1 is 1.03 bits per heavy atom. The maximum absolute atomic E-state index is 13.1. The van der Waals surface area contributed by atoms with E-state index in [-0.39, 0.29) is 17.2 Å². The van der Waals surface area contributed by atoms with Gasteiger partial charge in [0.05, 0.1) is 21.3 Å². The molecule has 180 valence electrons. The van der Waals surface area contributed by atoms with Crippen LogP contribution in [0, 0.1) is 10.1 Å². The number of amides is 2. The number of carbonyl (C=O) groups excluding carboxylic acids is 2. The van der Waals surface area contributed by atoms with Gasteiger partial charge in [-0.25, -0.2) is 0 Å². The molecule has 1 N–H and O–H groups in total. The fourth-order valence-corrected chi connectivity index (χ4v) is 4.87. The lowest BCUT2D eigenvalue weighted by Gasteiger charge is -2.37. The highest BCUT2D eigenvalue weighted by atomic mass is 35.5. The van der Waals surface area contributed by atoms with Crippen molar-refractivity contribution in [3.63, 3.8) is 0 Å². The van der Waals surface area contributed by atoms with Gasteiger partial charge in [0.25, 0.3) is 11.6 Å². The highest BCUT2D eigenvalue weighted by molar-refractivity contribution is 6.34. The maximum Gasteiger partial charge on any atom is 0.293 e. The molecule has 2 aliphatic heterocycles. The normalized spacial score (nSPS) is 16.0. The standard InChI is InChI=1S/C24H28ClN5O4/c1-2-22(31)28-12-14-29(15-13-28)23-18(25)6-5-7-19(23)26-24(32)17-8-9-20(21(16-17)30(33)34)27-10-3-4-11-27/h5-9,16H,2-4,10-15H2,1H3,(H,26,32). The molecule has 2 heterocycles. The molecule has 2 aromatic carbocycles. The molecule has 0 aromatic heterocycles. The lowest BCUT2D eigenvalue weighted by Crippen LogP contribution is -2.48. The number of nitro groups is 1. The first-order valence-electron chi connectivity index (χ1n) is 11.5. The number of rotatable bonds is 6. The average molecular weight is 486 g/mol. The zero-order chi connectivity index (χ0) is 24.2. The van der Waals surface area contributed by atoms with Crippen LogP contribution < -0.4 is 15.1 Å². The van der Waals surface area contributed by atoms with Gasteiger partial charge in [-0.1, -0.05) is 24.6 Å². The van der Waals surface area contributed by atoms with Gasteiger partial charge in [0.15, 0.2) is 0 Å².